The molecular weight excluding hydrogens is 425 g/mol. The minimum Gasteiger partial charge on any atom is -0.453 e. The van der Waals surface area contributed by atoms with Crippen molar-refractivity contribution in [2.45, 2.75) is 52.5 Å². The predicted octanol–water partition coefficient (Wildman–Crippen LogP) is 3.64. The third-order valence-electron chi connectivity index (χ3n) is 7.38. The number of aromatic amines is 1. The highest BCUT2D eigenvalue weighted by Crippen LogP contribution is 2.39. The first kappa shape index (κ1) is 23.5. The van der Waals surface area contributed by atoms with Gasteiger partial charge in [-0.15, -0.1) is 0 Å². The van der Waals surface area contributed by atoms with Crippen molar-refractivity contribution in [2.75, 3.05) is 44.7 Å². The summed E-state index contributed by atoms with van der Waals surface area (Å²) in [5.74, 6) is -0.259. The Hall–Kier alpha value is -2.68. The zero-order valence-electron chi connectivity index (χ0n) is 20.0. The molecule has 1 saturated heterocycles. The number of nitrogens with one attached hydrogen (secondary N) is 2. The first-order valence-corrected chi connectivity index (χ1v) is 11.8. The summed E-state index contributed by atoms with van der Waals surface area (Å²) in [5, 5.41) is 2.81. The van der Waals surface area contributed by atoms with E-state index in [2.05, 4.69) is 36.7 Å². The van der Waals surface area contributed by atoms with E-state index >= 15 is 4.39 Å². The van der Waals surface area contributed by atoms with E-state index < -0.39 is 11.5 Å². The van der Waals surface area contributed by atoms with E-state index in [0.29, 0.717) is 36.9 Å². The Bertz CT molecular complexity index is 1040. The van der Waals surface area contributed by atoms with E-state index in [1.807, 2.05) is 19.9 Å². The number of aromatic nitrogens is 2. The lowest BCUT2D eigenvalue weighted by atomic mass is 9.71. The van der Waals surface area contributed by atoms with E-state index in [-0.39, 0.29) is 29.0 Å². The van der Waals surface area contributed by atoms with Crippen molar-refractivity contribution in [2.24, 2.45) is 5.41 Å². The topological polar surface area (TPSA) is 90.6 Å². The number of benzene rings is 1. The molecule has 1 saturated carbocycles. The zero-order valence-corrected chi connectivity index (χ0v) is 20.0. The number of fused-ring (bicyclic) bond motifs is 1. The van der Waals surface area contributed by atoms with Crippen molar-refractivity contribution >= 4 is 28.6 Å². The summed E-state index contributed by atoms with van der Waals surface area (Å²) in [4.78, 5) is 36.8. The number of H-pyrrole nitrogens is 1. The maximum absolute atomic E-state index is 15.6. The van der Waals surface area contributed by atoms with Crippen LogP contribution in [-0.2, 0) is 4.74 Å². The summed E-state index contributed by atoms with van der Waals surface area (Å²) in [6, 6.07) is 1.88. The molecule has 1 aromatic carbocycles. The summed E-state index contributed by atoms with van der Waals surface area (Å²) in [7, 11) is 1.34. The van der Waals surface area contributed by atoms with Gasteiger partial charge >= 0.3 is 6.09 Å². The molecule has 1 aliphatic heterocycles. The second kappa shape index (κ2) is 9.29. The van der Waals surface area contributed by atoms with Gasteiger partial charge in [-0.05, 0) is 50.8 Å². The number of hydrogen-bond donors (Lipinski definition) is 2. The number of amides is 1. The molecule has 1 aliphatic carbocycles. The van der Waals surface area contributed by atoms with Gasteiger partial charge in [-0.2, -0.15) is 0 Å². The number of carbonyl (C=O) groups is 2. The Labute approximate surface area is 193 Å². The molecule has 180 valence electrons. The van der Waals surface area contributed by atoms with Crippen molar-refractivity contribution in [3.63, 3.8) is 0 Å². The Kier molecular flexibility index (Phi) is 6.61. The second-order valence-corrected chi connectivity index (χ2v) is 9.56. The van der Waals surface area contributed by atoms with Crippen LogP contribution >= 0.6 is 0 Å². The van der Waals surface area contributed by atoms with Gasteiger partial charge in [0.05, 0.1) is 18.3 Å². The van der Waals surface area contributed by atoms with E-state index in [1.54, 1.807) is 0 Å². The van der Waals surface area contributed by atoms with Crippen LogP contribution in [0.2, 0.25) is 0 Å². The summed E-state index contributed by atoms with van der Waals surface area (Å²) < 4.78 is 20.3. The summed E-state index contributed by atoms with van der Waals surface area (Å²) in [5.41, 5.74) is 1.60. The SMILES string of the molecule is CCN1CCN(c2c(C)cc3[nH]c(C(=O)C4(C)CCC(NC(=O)OC)CC4)nc3c2F)CC1. The molecule has 0 spiro atoms. The number of anilines is 1. The fraction of sp³-hybridized carbons (Fsp3) is 0.625. The Balaban J connectivity index is 1.54. The Morgan fingerprint density at radius 3 is 2.55 bits per heavy atom. The van der Waals surface area contributed by atoms with Crippen LogP contribution < -0.4 is 10.2 Å². The van der Waals surface area contributed by atoms with Crippen LogP contribution in [0.3, 0.4) is 0 Å². The largest absolute Gasteiger partial charge is 0.453 e. The molecule has 1 aromatic heterocycles. The summed E-state index contributed by atoms with van der Waals surface area (Å²) >= 11 is 0. The molecule has 8 nitrogen and oxygen atoms in total. The van der Waals surface area contributed by atoms with Crippen LogP contribution in [0.15, 0.2) is 6.07 Å². The lowest BCUT2D eigenvalue weighted by Crippen LogP contribution is -2.46. The van der Waals surface area contributed by atoms with Gasteiger partial charge < -0.3 is 24.8 Å². The molecule has 33 heavy (non-hydrogen) atoms. The monoisotopic (exact) mass is 459 g/mol. The number of ketones is 1. The first-order chi connectivity index (χ1) is 15.8. The number of likely N-dealkylation sites (N-methyl/N-ethyl adjacent to an activating group) is 1. The third kappa shape index (κ3) is 4.55. The zero-order chi connectivity index (χ0) is 23.8. The number of imidazole rings is 1. The minimum atomic E-state index is -0.604. The number of alkyl carbamates (subject to hydrolysis) is 1. The molecule has 0 bridgehead atoms. The number of halogens is 1. The van der Waals surface area contributed by atoms with Crippen LogP contribution in [0.25, 0.3) is 11.0 Å². The van der Waals surface area contributed by atoms with Gasteiger partial charge in [-0.1, -0.05) is 13.8 Å². The van der Waals surface area contributed by atoms with Crippen molar-refractivity contribution in [1.29, 1.82) is 0 Å². The molecule has 1 amide bonds. The molecule has 4 rings (SSSR count). The van der Waals surface area contributed by atoms with E-state index in [4.69, 9.17) is 0 Å². The fourth-order valence-corrected chi connectivity index (χ4v) is 5.15. The predicted molar refractivity (Wildman–Crippen MR) is 125 cm³/mol. The smallest absolute Gasteiger partial charge is 0.407 e. The normalized spacial score (nSPS) is 24.2. The number of rotatable bonds is 5. The molecule has 2 aromatic rings. The first-order valence-electron chi connectivity index (χ1n) is 11.8. The number of hydrogen-bond acceptors (Lipinski definition) is 6. The highest BCUT2D eigenvalue weighted by molar-refractivity contribution is 6.00. The molecule has 2 N–H and O–H groups in total. The van der Waals surface area contributed by atoms with Gasteiger partial charge in [0.1, 0.15) is 5.52 Å². The Morgan fingerprint density at radius 2 is 1.94 bits per heavy atom. The molecule has 0 unspecified atom stereocenters. The standard InChI is InChI=1S/C24H34FN5O3/c1-5-29-10-12-30(13-11-29)20-15(2)14-17-19(18(20)25)28-22(27-17)21(31)24(3)8-6-16(7-9-24)26-23(32)33-4/h14,16H,5-13H2,1-4H3,(H,26,32)(H,27,28). The van der Waals surface area contributed by atoms with Crippen molar-refractivity contribution in [1.82, 2.24) is 20.2 Å². The summed E-state index contributed by atoms with van der Waals surface area (Å²) in [6.07, 6.45) is 2.14. The number of ether oxygens (including phenoxy) is 1. The maximum atomic E-state index is 15.6. The highest BCUT2D eigenvalue weighted by Gasteiger charge is 2.40. The number of carbonyl (C=O) groups excluding carboxylic acids is 2. The minimum absolute atomic E-state index is 0.00942. The maximum Gasteiger partial charge on any atom is 0.407 e. The molecule has 2 aliphatic rings. The lowest BCUT2D eigenvalue weighted by molar-refractivity contribution is 0.0715. The number of nitrogens with zero attached hydrogens (tertiary/aromatic N) is 3. The fourth-order valence-electron chi connectivity index (χ4n) is 5.15. The Morgan fingerprint density at radius 1 is 1.27 bits per heavy atom. The quantitative estimate of drug-likeness (QED) is 0.664. The van der Waals surface area contributed by atoms with Crippen molar-refractivity contribution < 1.29 is 18.7 Å². The molecular formula is C24H34FN5O3. The molecule has 2 heterocycles. The van der Waals surface area contributed by atoms with E-state index in [9.17, 15) is 9.59 Å². The highest BCUT2D eigenvalue weighted by atomic mass is 19.1. The van der Waals surface area contributed by atoms with Gasteiger partial charge in [-0.25, -0.2) is 14.2 Å². The number of piperazine rings is 1. The molecule has 2 fully saturated rings. The van der Waals surface area contributed by atoms with Crippen LogP contribution in [0, 0.1) is 18.2 Å². The van der Waals surface area contributed by atoms with Gasteiger partial charge in [0.15, 0.2) is 11.6 Å². The summed E-state index contributed by atoms with van der Waals surface area (Å²) in [6.45, 7) is 10.3. The molecule has 0 atom stereocenters. The van der Waals surface area contributed by atoms with Gasteiger partial charge in [0.25, 0.3) is 0 Å². The van der Waals surface area contributed by atoms with E-state index in [1.165, 1.54) is 7.11 Å². The number of methoxy groups -OCH3 is 1. The van der Waals surface area contributed by atoms with Gasteiger partial charge in [0.2, 0.25) is 5.78 Å². The number of Topliss-reactive ketones (excluding diaryl/α,β-unsaturated/α-hetero) is 1. The van der Waals surface area contributed by atoms with Crippen LogP contribution in [-0.4, -0.2) is 72.6 Å². The average molecular weight is 460 g/mol. The number of aryl methyl sites for hydroxylation is 1. The van der Waals surface area contributed by atoms with Crippen molar-refractivity contribution in [3.8, 4) is 0 Å². The van der Waals surface area contributed by atoms with Crippen molar-refractivity contribution in [3.05, 3.63) is 23.3 Å². The van der Waals surface area contributed by atoms with Crippen LogP contribution in [0.5, 0.6) is 0 Å². The lowest BCUT2D eigenvalue weighted by Gasteiger charge is -2.36. The van der Waals surface area contributed by atoms with E-state index in [0.717, 1.165) is 38.3 Å². The van der Waals surface area contributed by atoms with Gasteiger partial charge in [-0.3, -0.25) is 4.79 Å². The molecule has 9 heteroatoms. The molecule has 0 radical (unpaired) electrons. The second-order valence-electron chi connectivity index (χ2n) is 9.56. The van der Waals surface area contributed by atoms with Gasteiger partial charge in [0, 0.05) is 37.6 Å². The third-order valence-corrected chi connectivity index (χ3v) is 7.38. The van der Waals surface area contributed by atoms with Crippen LogP contribution in [0.4, 0.5) is 14.9 Å². The average Bonchev–Trinajstić information content (AvgIpc) is 3.24. The van der Waals surface area contributed by atoms with Crippen LogP contribution in [0.1, 0.15) is 55.7 Å².